The molecule has 1 heterocycles. The van der Waals surface area contributed by atoms with E-state index in [1.165, 1.54) is 5.56 Å². The van der Waals surface area contributed by atoms with E-state index in [0.29, 0.717) is 6.04 Å². The zero-order chi connectivity index (χ0) is 15.9. The molecule has 3 rings (SSSR count). The maximum Gasteiger partial charge on any atom is 0.238 e. The van der Waals surface area contributed by atoms with E-state index in [9.17, 15) is 8.42 Å². The van der Waals surface area contributed by atoms with Crippen molar-refractivity contribution in [1.29, 1.82) is 0 Å². The fraction of sp³-hybridized carbons (Fsp3) is 0.250. The fourth-order valence-electron chi connectivity index (χ4n) is 2.88. The van der Waals surface area contributed by atoms with Gasteiger partial charge in [-0.1, -0.05) is 23.7 Å². The Morgan fingerprint density at radius 2 is 1.91 bits per heavy atom. The Bertz CT molecular complexity index is 803. The highest BCUT2D eigenvalue weighted by molar-refractivity contribution is 7.89. The van der Waals surface area contributed by atoms with Crippen LogP contribution in [0.15, 0.2) is 47.4 Å². The summed E-state index contributed by atoms with van der Waals surface area (Å²) in [6.07, 6.45) is 0.812. The molecule has 0 saturated carbocycles. The second kappa shape index (κ2) is 5.57. The van der Waals surface area contributed by atoms with Gasteiger partial charge in [0.2, 0.25) is 10.0 Å². The summed E-state index contributed by atoms with van der Waals surface area (Å²) in [6, 6.07) is 13.2. The number of anilines is 1. The molecule has 22 heavy (non-hydrogen) atoms. The third-order valence-corrected chi connectivity index (χ3v) is 5.17. The molecule has 4 nitrogen and oxygen atoms in total. The Hall–Kier alpha value is -1.56. The molecular formula is C16H17ClN2O2S. The van der Waals surface area contributed by atoms with Crippen LogP contribution >= 0.6 is 11.6 Å². The summed E-state index contributed by atoms with van der Waals surface area (Å²) in [7, 11) is -3.66. The van der Waals surface area contributed by atoms with Crippen molar-refractivity contribution < 1.29 is 8.42 Å². The predicted molar refractivity (Wildman–Crippen MR) is 88.6 cm³/mol. The summed E-state index contributed by atoms with van der Waals surface area (Å²) in [4.78, 5) is 2.44. The van der Waals surface area contributed by atoms with Crippen molar-refractivity contribution in [2.75, 3.05) is 4.90 Å². The van der Waals surface area contributed by atoms with Gasteiger partial charge >= 0.3 is 0 Å². The third-order valence-electron chi connectivity index (χ3n) is 4.00. The van der Waals surface area contributed by atoms with Gasteiger partial charge in [0.25, 0.3) is 0 Å². The summed E-state index contributed by atoms with van der Waals surface area (Å²) in [5.74, 6) is 0. The van der Waals surface area contributed by atoms with Crippen molar-refractivity contribution in [3.05, 3.63) is 58.6 Å². The van der Waals surface area contributed by atoms with Crippen molar-refractivity contribution in [2.45, 2.75) is 30.8 Å². The van der Waals surface area contributed by atoms with Crippen LogP contribution in [0.5, 0.6) is 0 Å². The highest BCUT2D eigenvalue weighted by Gasteiger charge is 2.27. The molecule has 2 N–H and O–H groups in total. The first-order valence-electron chi connectivity index (χ1n) is 7.01. The quantitative estimate of drug-likeness (QED) is 0.937. The number of rotatable bonds is 3. The average Bonchev–Trinajstić information content (AvgIpc) is 2.76. The first-order valence-corrected chi connectivity index (χ1v) is 8.94. The molecule has 0 spiro atoms. The van der Waals surface area contributed by atoms with Gasteiger partial charge in [-0.05, 0) is 54.8 Å². The van der Waals surface area contributed by atoms with Crippen LogP contribution in [0.3, 0.4) is 0 Å². The van der Waals surface area contributed by atoms with Crippen molar-refractivity contribution >= 4 is 27.3 Å². The molecule has 0 radical (unpaired) electrons. The van der Waals surface area contributed by atoms with Crippen molar-refractivity contribution in [2.24, 2.45) is 5.14 Å². The maximum absolute atomic E-state index is 11.5. The lowest BCUT2D eigenvalue weighted by molar-refractivity contribution is 0.597. The lowest BCUT2D eigenvalue weighted by Gasteiger charge is -2.25. The second-order valence-electron chi connectivity index (χ2n) is 5.64. The van der Waals surface area contributed by atoms with Gasteiger partial charge in [0.15, 0.2) is 0 Å². The molecular weight excluding hydrogens is 320 g/mol. The number of hydrogen-bond acceptors (Lipinski definition) is 3. The van der Waals surface area contributed by atoms with Crippen molar-refractivity contribution in [3.63, 3.8) is 0 Å². The molecule has 0 bridgehead atoms. The van der Waals surface area contributed by atoms with E-state index in [1.54, 1.807) is 12.1 Å². The van der Waals surface area contributed by atoms with Crippen LogP contribution < -0.4 is 10.0 Å². The first-order chi connectivity index (χ1) is 10.3. The van der Waals surface area contributed by atoms with Gasteiger partial charge in [-0.2, -0.15) is 0 Å². The van der Waals surface area contributed by atoms with Gasteiger partial charge in [0.1, 0.15) is 0 Å². The molecule has 0 aromatic heterocycles. The van der Waals surface area contributed by atoms with Gasteiger partial charge in [0, 0.05) is 23.3 Å². The van der Waals surface area contributed by atoms with Crippen LogP contribution in [0.2, 0.25) is 5.02 Å². The Morgan fingerprint density at radius 1 is 1.23 bits per heavy atom. The van der Waals surface area contributed by atoms with Gasteiger partial charge in [0.05, 0.1) is 4.90 Å². The molecule has 6 heteroatoms. The molecule has 0 saturated heterocycles. The van der Waals surface area contributed by atoms with E-state index in [4.69, 9.17) is 16.7 Å². The molecule has 1 aliphatic rings. The van der Waals surface area contributed by atoms with Crippen LogP contribution in [0, 0.1) is 0 Å². The summed E-state index contributed by atoms with van der Waals surface area (Å²) in [5.41, 5.74) is 3.25. The van der Waals surface area contributed by atoms with Crippen molar-refractivity contribution in [1.82, 2.24) is 0 Å². The first kappa shape index (κ1) is 15.3. The van der Waals surface area contributed by atoms with Crippen LogP contribution in [0.1, 0.15) is 18.1 Å². The Labute approximate surface area is 135 Å². The Kier molecular flexibility index (Phi) is 3.89. The predicted octanol–water partition coefficient (Wildman–Crippen LogP) is 2.94. The van der Waals surface area contributed by atoms with Crippen LogP contribution in [-0.2, 0) is 23.0 Å². The van der Waals surface area contributed by atoms with Gasteiger partial charge < -0.3 is 4.90 Å². The molecule has 0 fully saturated rings. The second-order valence-corrected chi connectivity index (χ2v) is 7.64. The summed E-state index contributed by atoms with van der Waals surface area (Å²) in [6.45, 7) is 2.90. The highest BCUT2D eigenvalue weighted by Crippen LogP contribution is 2.34. The fourth-order valence-corrected chi connectivity index (χ4v) is 3.57. The molecule has 2 aromatic rings. The number of benzene rings is 2. The minimum absolute atomic E-state index is 0.173. The number of sulfonamides is 1. The molecule has 0 amide bonds. The minimum Gasteiger partial charge on any atom is -0.364 e. The summed E-state index contributed by atoms with van der Waals surface area (Å²) < 4.78 is 22.9. The zero-order valence-electron chi connectivity index (χ0n) is 12.2. The topological polar surface area (TPSA) is 63.4 Å². The minimum atomic E-state index is -3.66. The lowest BCUT2D eigenvalue weighted by atomic mass is 10.1. The van der Waals surface area contributed by atoms with Crippen LogP contribution in [0.25, 0.3) is 0 Å². The smallest absolute Gasteiger partial charge is 0.238 e. The highest BCUT2D eigenvalue weighted by atomic mass is 35.5. The van der Waals surface area contributed by atoms with E-state index in [0.717, 1.165) is 29.2 Å². The molecule has 1 atom stereocenters. The van der Waals surface area contributed by atoms with E-state index in [1.807, 2.05) is 30.3 Å². The molecule has 0 aliphatic carbocycles. The summed E-state index contributed by atoms with van der Waals surface area (Å²) in [5, 5.41) is 5.92. The van der Waals surface area contributed by atoms with Gasteiger partial charge in [-0.15, -0.1) is 0 Å². The van der Waals surface area contributed by atoms with E-state index in [-0.39, 0.29) is 4.90 Å². The molecule has 2 aromatic carbocycles. The number of halogens is 1. The monoisotopic (exact) mass is 336 g/mol. The standard InChI is InChI=1S/C16H17ClN2O2S/c1-11-8-13-9-15(22(18,20)21)6-7-16(13)19(11)10-12-2-4-14(17)5-3-12/h2-7,9,11H,8,10H2,1H3,(H2,18,20,21)/t11-/m0/s1. The largest absolute Gasteiger partial charge is 0.364 e. The third kappa shape index (κ3) is 2.97. The van der Waals surface area contributed by atoms with E-state index in [2.05, 4.69) is 11.8 Å². The van der Waals surface area contributed by atoms with E-state index < -0.39 is 10.0 Å². The number of nitrogens with zero attached hydrogens (tertiary/aromatic N) is 1. The molecule has 1 aliphatic heterocycles. The Balaban J connectivity index is 1.91. The number of fused-ring (bicyclic) bond motifs is 1. The molecule has 116 valence electrons. The van der Waals surface area contributed by atoms with Gasteiger partial charge in [-0.25, -0.2) is 13.6 Å². The average molecular weight is 337 g/mol. The number of nitrogens with two attached hydrogens (primary N) is 1. The number of primary sulfonamides is 1. The number of hydrogen-bond donors (Lipinski definition) is 1. The van der Waals surface area contributed by atoms with Crippen molar-refractivity contribution in [3.8, 4) is 0 Å². The zero-order valence-corrected chi connectivity index (χ0v) is 13.7. The Morgan fingerprint density at radius 3 is 2.55 bits per heavy atom. The van der Waals surface area contributed by atoms with E-state index >= 15 is 0 Å². The molecule has 0 unspecified atom stereocenters. The maximum atomic E-state index is 11.5. The normalized spacial score (nSPS) is 17.6. The SMILES string of the molecule is C[C@H]1Cc2cc(S(N)(=O)=O)ccc2N1Cc1ccc(Cl)cc1. The van der Waals surface area contributed by atoms with Crippen LogP contribution in [-0.4, -0.2) is 14.5 Å². The van der Waals surface area contributed by atoms with Gasteiger partial charge in [-0.3, -0.25) is 0 Å². The summed E-state index contributed by atoms with van der Waals surface area (Å²) >= 11 is 5.92. The lowest BCUT2D eigenvalue weighted by Crippen LogP contribution is -2.28. The van der Waals surface area contributed by atoms with Crippen LogP contribution in [0.4, 0.5) is 5.69 Å².